The maximum Gasteiger partial charge on any atom is 0.245 e. The summed E-state index contributed by atoms with van der Waals surface area (Å²) in [5.41, 5.74) is 0.0275. The molecule has 0 aromatic heterocycles. The van der Waals surface area contributed by atoms with Gasteiger partial charge in [-0.1, -0.05) is 20.3 Å². The van der Waals surface area contributed by atoms with E-state index in [1.807, 2.05) is 13.8 Å². The molecule has 4 unspecified atom stereocenters. The molecule has 204 valence electrons. The van der Waals surface area contributed by atoms with Crippen LogP contribution in [0.4, 0.5) is 0 Å². The number of carbonyl (C=O) groups is 4. The lowest BCUT2D eigenvalue weighted by Crippen LogP contribution is -2.52. The van der Waals surface area contributed by atoms with Gasteiger partial charge in [0, 0.05) is 42.9 Å². The average molecular weight is 506 g/mol. The van der Waals surface area contributed by atoms with Crippen LogP contribution in [0.2, 0.25) is 0 Å². The Balaban J connectivity index is 1.55. The molecule has 1 aliphatic carbocycles. The molecule has 0 radical (unpaired) electrons. The first kappa shape index (κ1) is 28.8. The first-order chi connectivity index (χ1) is 17.0. The van der Waals surface area contributed by atoms with Crippen molar-refractivity contribution in [2.45, 2.75) is 104 Å². The lowest BCUT2D eigenvalue weighted by atomic mass is 9.82. The van der Waals surface area contributed by atoms with Crippen molar-refractivity contribution in [2.24, 2.45) is 17.8 Å². The number of amides is 2. The number of hydrogen-bond donors (Lipinski definition) is 1. The highest BCUT2D eigenvalue weighted by atomic mass is 16.5. The molecule has 2 aliphatic heterocycles. The van der Waals surface area contributed by atoms with Gasteiger partial charge in [0.25, 0.3) is 0 Å². The van der Waals surface area contributed by atoms with E-state index in [1.54, 1.807) is 9.80 Å². The maximum atomic E-state index is 13.6. The van der Waals surface area contributed by atoms with Crippen LogP contribution < -0.4 is 5.32 Å². The number of likely N-dealkylation sites (tertiary alicyclic amines) is 2. The average Bonchev–Trinajstić information content (AvgIpc) is 3.59. The molecule has 0 aromatic rings. The fourth-order valence-corrected chi connectivity index (χ4v) is 6.06. The zero-order valence-electron chi connectivity index (χ0n) is 23.0. The monoisotopic (exact) mass is 505 g/mol. The second-order valence-corrected chi connectivity index (χ2v) is 12.1. The van der Waals surface area contributed by atoms with Crippen LogP contribution in [0, 0.1) is 17.8 Å². The summed E-state index contributed by atoms with van der Waals surface area (Å²) in [4.78, 5) is 56.2. The summed E-state index contributed by atoms with van der Waals surface area (Å²) in [5, 5.41) is 3.35. The van der Waals surface area contributed by atoms with Crippen molar-refractivity contribution in [1.82, 2.24) is 15.1 Å². The van der Waals surface area contributed by atoms with Gasteiger partial charge in [0.1, 0.15) is 11.8 Å². The Morgan fingerprint density at radius 1 is 0.861 bits per heavy atom. The first-order valence-electron chi connectivity index (χ1n) is 14.0. The Morgan fingerprint density at radius 3 is 2.17 bits per heavy atom. The van der Waals surface area contributed by atoms with Gasteiger partial charge in [0.15, 0.2) is 5.78 Å². The molecule has 8 heteroatoms. The van der Waals surface area contributed by atoms with E-state index in [1.165, 1.54) is 0 Å². The number of ketones is 2. The molecule has 36 heavy (non-hydrogen) atoms. The predicted octanol–water partition coefficient (Wildman–Crippen LogP) is 2.97. The number of Topliss-reactive ketones (excluding diaryl/α,β-unsaturated/α-hetero) is 2. The van der Waals surface area contributed by atoms with Crippen molar-refractivity contribution in [2.75, 3.05) is 32.8 Å². The minimum Gasteiger partial charge on any atom is -0.380 e. The van der Waals surface area contributed by atoms with Crippen LogP contribution in [0.1, 0.15) is 86.0 Å². The Morgan fingerprint density at radius 2 is 1.50 bits per heavy atom. The fourth-order valence-electron chi connectivity index (χ4n) is 6.06. The lowest BCUT2D eigenvalue weighted by Gasteiger charge is -2.32. The van der Waals surface area contributed by atoms with E-state index >= 15 is 0 Å². The van der Waals surface area contributed by atoms with Crippen molar-refractivity contribution in [3.63, 3.8) is 0 Å². The molecule has 1 saturated carbocycles. The van der Waals surface area contributed by atoms with Crippen LogP contribution >= 0.6 is 0 Å². The van der Waals surface area contributed by atoms with Crippen molar-refractivity contribution in [1.29, 1.82) is 0 Å². The largest absolute Gasteiger partial charge is 0.380 e. The lowest BCUT2D eigenvalue weighted by molar-refractivity contribution is -0.147. The number of hydrogen-bond acceptors (Lipinski definition) is 6. The molecular weight excluding hydrogens is 458 g/mol. The summed E-state index contributed by atoms with van der Waals surface area (Å²) >= 11 is 0. The molecule has 8 nitrogen and oxygen atoms in total. The maximum absolute atomic E-state index is 13.6. The van der Waals surface area contributed by atoms with Crippen LogP contribution in [-0.4, -0.2) is 83.7 Å². The smallest absolute Gasteiger partial charge is 0.245 e. The van der Waals surface area contributed by atoms with E-state index in [0.717, 1.165) is 38.6 Å². The topological polar surface area (TPSA) is 96.0 Å². The van der Waals surface area contributed by atoms with Gasteiger partial charge in [0.05, 0.1) is 25.7 Å². The number of rotatable bonds is 11. The standard InChI is InChI=1S/C28H47N3O5/c1-19(2)25(33)20-9-6-10-21(20)26(34)22-11-7-16-31(22)27(35)23-12-8-15-30(23)24(32)13-17-36-18-14-29-28(3,4)5/h19-23,29H,6-18H2,1-5H3. The predicted molar refractivity (Wildman–Crippen MR) is 138 cm³/mol. The van der Waals surface area contributed by atoms with Crippen LogP contribution in [0.25, 0.3) is 0 Å². The molecule has 3 aliphatic rings. The van der Waals surface area contributed by atoms with Gasteiger partial charge in [-0.2, -0.15) is 0 Å². The molecule has 2 amide bonds. The summed E-state index contributed by atoms with van der Waals surface area (Å²) in [6, 6.07) is -0.954. The molecule has 2 saturated heterocycles. The third kappa shape index (κ3) is 7.15. The minimum atomic E-state index is -0.495. The van der Waals surface area contributed by atoms with Gasteiger partial charge < -0.3 is 19.9 Å². The zero-order chi connectivity index (χ0) is 26.5. The fraction of sp³-hybridized carbons (Fsp3) is 0.857. The van der Waals surface area contributed by atoms with E-state index in [2.05, 4.69) is 26.1 Å². The Labute approximate surface area is 216 Å². The second-order valence-electron chi connectivity index (χ2n) is 12.1. The van der Waals surface area contributed by atoms with E-state index in [4.69, 9.17) is 4.74 Å². The van der Waals surface area contributed by atoms with E-state index in [0.29, 0.717) is 39.1 Å². The molecule has 3 rings (SSSR count). The minimum absolute atomic E-state index is 0.0275. The normalized spacial score (nSPS) is 26.7. The Hall–Kier alpha value is -1.80. The molecule has 0 bridgehead atoms. The summed E-state index contributed by atoms with van der Waals surface area (Å²) < 4.78 is 5.63. The SMILES string of the molecule is CC(C)C(=O)C1CCCC1C(=O)C1CCCN1C(=O)C1CCCN1C(=O)CCOCCNC(C)(C)C. The molecule has 1 N–H and O–H groups in total. The number of carbonyl (C=O) groups excluding carboxylic acids is 4. The third-order valence-electron chi connectivity index (χ3n) is 7.90. The van der Waals surface area contributed by atoms with Gasteiger partial charge in [-0.15, -0.1) is 0 Å². The summed E-state index contributed by atoms with van der Waals surface area (Å²) in [6.07, 6.45) is 5.51. The van der Waals surface area contributed by atoms with E-state index in [9.17, 15) is 19.2 Å². The van der Waals surface area contributed by atoms with Crippen molar-refractivity contribution in [3.05, 3.63) is 0 Å². The van der Waals surface area contributed by atoms with Gasteiger partial charge in [0.2, 0.25) is 11.8 Å². The highest BCUT2D eigenvalue weighted by Crippen LogP contribution is 2.38. The Kier molecular flexibility index (Phi) is 10.1. The molecule has 0 spiro atoms. The van der Waals surface area contributed by atoms with Gasteiger partial charge in [-0.3, -0.25) is 19.2 Å². The van der Waals surface area contributed by atoms with Crippen LogP contribution in [0.5, 0.6) is 0 Å². The number of nitrogens with one attached hydrogen (secondary N) is 1. The van der Waals surface area contributed by atoms with Crippen LogP contribution in [0.3, 0.4) is 0 Å². The Bertz CT molecular complexity index is 805. The third-order valence-corrected chi connectivity index (χ3v) is 7.90. The quantitative estimate of drug-likeness (QED) is 0.434. The van der Waals surface area contributed by atoms with Gasteiger partial charge in [-0.25, -0.2) is 0 Å². The summed E-state index contributed by atoms with van der Waals surface area (Å²) in [6.45, 7) is 12.8. The summed E-state index contributed by atoms with van der Waals surface area (Å²) in [7, 11) is 0. The molecule has 4 atom stereocenters. The van der Waals surface area contributed by atoms with Gasteiger partial charge in [-0.05, 0) is 59.3 Å². The molecule has 0 aromatic carbocycles. The highest BCUT2D eigenvalue weighted by Gasteiger charge is 2.46. The number of ether oxygens (including phenoxy) is 1. The zero-order valence-corrected chi connectivity index (χ0v) is 23.0. The second kappa shape index (κ2) is 12.6. The highest BCUT2D eigenvalue weighted by molar-refractivity contribution is 5.97. The van der Waals surface area contributed by atoms with Crippen molar-refractivity contribution < 1.29 is 23.9 Å². The van der Waals surface area contributed by atoms with E-state index < -0.39 is 12.1 Å². The summed E-state index contributed by atoms with van der Waals surface area (Å²) in [5.74, 6) is -0.493. The first-order valence-corrected chi connectivity index (χ1v) is 14.0. The molecule has 2 heterocycles. The number of nitrogens with zero attached hydrogens (tertiary/aromatic N) is 2. The van der Waals surface area contributed by atoms with Crippen molar-refractivity contribution >= 4 is 23.4 Å². The van der Waals surface area contributed by atoms with Crippen LogP contribution in [-0.2, 0) is 23.9 Å². The molecular formula is C28H47N3O5. The van der Waals surface area contributed by atoms with Crippen LogP contribution in [0.15, 0.2) is 0 Å². The molecule has 3 fully saturated rings. The van der Waals surface area contributed by atoms with E-state index in [-0.39, 0.29) is 53.1 Å². The van der Waals surface area contributed by atoms with Crippen molar-refractivity contribution in [3.8, 4) is 0 Å². The van der Waals surface area contributed by atoms with Gasteiger partial charge >= 0.3 is 0 Å².